The third-order valence-corrected chi connectivity index (χ3v) is 7.07. The van der Waals surface area contributed by atoms with E-state index in [0.717, 1.165) is 37.9 Å². The number of unbranched alkanes of at least 4 members (excludes halogenated alkanes) is 1. The van der Waals surface area contributed by atoms with Crippen LogP contribution >= 0.6 is 11.3 Å². The van der Waals surface area contributed by atoms with Gasteiger partial charge in [-0.15, -0.1) is 16.4 Å². The Morgan fingerprint density at radius 2 is 2.00 bits per heavy atom. The van der Waals surface area contributed by atoms with E-state index in [0.29, 0.717) is 6.04 Å². The number of aromatic nitrogens is 4. The van der Waals surface area contributed by atoms with Gasteiger partial charge >= 0.3 is 0 Å². The normalized spacial score (nSPS) is 21.1. The van der Waals surface area contributed by atoms with Gasteiger partial charge in [-0.05, 0) is 41.1 Å². The van der Waals surface area contributed by atoms with E-state index >= 15 is 0 Å². The highest BCUT2D eigenvalue weighted by Gasteiger charge is 2.31. The highest BCUT2D eigenvalue weighted by Crippen LogP contribution is 2.29. The molecule has 1 atom stereocenters. The summed E-state index contributed by atoms with van der Waals surface area (Å²) in [7, 11) is 0. The molecule has 0 aromatic carbocycles. The highest BCUT2D eigenvalue weighted by molar-refractivity contribution is 7.09. The van der Waals surface area contributed by atoms with Crippen LogP contribution < -0.4 is 0 Å². The van der Waals surface area contributed by atoms with Gasteiger partial charge in [-0.2, -0.15) is 0 Å². The molecule has 4 rings (SSSR count). The molecule has 2 aromatic rings. The Labute approximate surface area is 166 Å². The molecular weight excluding hydrogens is 356 g/mol. The minimum Gasteiger partial charge on any atom is -0.298 e. The first-order valence-electron chi connectivity index (χ1n) is 10.6. The second kappa shape index (κ2) is 9.26. The SMILES string of the molecule is CCCCC(c1nnnn1Cc1cccs1)N1CCN(C2CCCC2)CC1. The number of hydrogen-bond donors (Lipinski definition) is 0. The first-order valence-corrected chi connectivity index (χ1v) is 11.5. The minimum atomic E-state index is 0.339. The molecule has 1 aliphatic heterocycles. The number of thiophene rings is 1. The summed E-state index contributed by atoms with van der Waals surface area (Å²) in [6.45, 7) is 7.71. The summed E-state index contributed by atoms with van der Waals surface area (Å²) in [5, 5.41) is 14.9. The summed E-state index contributed by atoms with van der Waals surface area (Å²) in [6, 6.07) is 5.44. The molecule has 1 unspecified atom stereocenters. The molecule has 0 radical (unpaired) electrons. The lowest BCUT2D eigenvalue weighted by atomic mass is 10.1. The maximum atomic E-state index is 4.47. The smallest absolute Gasteiger partial charge is 0.168 e. The second-order valence-corrected chi connectivity index (χ2v) is 8.97. The zero-order valence-corrected chi connectivity index (χ0v) is 17.3. The lowest BCUT2D eigenvalue weighted by Crippen LogP contribution is -2.50. The molecule has 1 saturated heterocycles. The van der Waals surface area contributed by atoms with Crippen molar-refractivity contribution in [2.24, 2.45) is 0 Å². The first-order chi connectivity index (χ1) is 13.3. The zero-order valence-electron chi connectivity index (χ0n) is 16.5. The molecule has 0 N–H and O–H groups in total. The standard InChI is InChI=1S/C20H32N6S/c1-2-3-10-19(20-21-22-23-26(20)16-18-9-6-15-27-18)25-13-11-24(12-14-25)17-7-4-5-8-17/h6,9,15,17,19H,2-5,7-8,10-14,16H2,1H3. The average molecular weight is 389 g/mol. The quantitative estimate of drug-likeness (QED) is 0.692. The van der Waals surface area contributed by atoms with Crippen molar-refractivity contribution >= 4 is 11.3 Å². The van der Waals surface area contributed by atoms with E-state index in [1.54, 1.807) is 11.3 Å². The zero-order chi connectivity index (χ0) is 18.5. The van der Waals surface area contributed by atoms with E-state index in [1.165, 1.54) is 56.5 Å². The van der Waals surface area contributed by atoms with E-state index in [9.17, 15) is 0 Å². The highest BCUT2D eigenvalue weighted by atomic mass is 32.1. The van der Waals surface area contributed by atoms with Gasteiger partial charge in [-0.3, -0.25) is 9.80 Å². The molecular formula is C20H32N6S. The summed E-state index contributed by atoms with van der Waals surface area (Å²) >= 11 is 1.77. The van der Waals surface area contributed by atoms with Crippen molar-refractivity contribution in [2.75, 3.05) is 26.2 Å². The Morgan fingerprint density at radius 1 is 1.19 bits per heavy atom. The minimum absolute atomic E-state index is 0.339. The number of nitrogens with zero attached hydrogens (tertiary/aromatic N) is 6. The Kier molecular flexibility index (Phi) is 6.52. The molecule has 27 heavy (non-hydrogen) atoms. The molecule has 6 nitrogen and oxygen atoms in total. The number of rotatable bonds is 8. The van der Waals surface area contributed by atoms with Crippen molar-refractivity contribution in [3.05, 3.63) is 28.2 Å². The van der Waals surface area contributed by atoms with Gasteiger partial charge < -0.3 is 0 Å². The third-order valence-electron chi connectivity index (χ3n) is 6.21. The number of tetrazole rings is 1. The Balaban J connectivity index is 1.45. The van der Waals surface area contributed by atoms with Crippen molar-refractivity contribution in [2.45, 2.75) is 70.5 Å². The fraction of sp³-hybridized carbons (Fsp3) is 0.750. The van der Waals surface area contributed by atoms with Gasteiger partial charge in [0.05, 0.1) is 12.6 Å². The van der Waals surface area contributed by atoms with Crippen molar-refractivity contribution < 1.29 is 0 Å². The molecule has 0 amide bonds. The van der Waals surface area contributed by atoms with E-state index in [4.69, 9.17) is 0 Å². The molecule has 1 aliphatic carbocycles. The summed E-state index contributed by atoms with van der Waals surface area (Å²) in [4.78, 5) is 6.68. The van der Waals surface area contributed by atoms with Crippen LogP contribution in [0.4, 0.5) is 0 Å². The molecule has 2 fully saturated rings. The van der Waals surface area contributed by atoms with Crippen molar-refractivity contribution in [1.29, 1.82) is 0 Å². The van der Waals surface area contributed by atoms with Gasteiger partial charge in [0.1, 0.15) is 0 Å². The number of hydrogen-bond acceptors (Lipinski definition) is 6. The molecule has 3 heterocycles. The summed E-state index contributed by atoms with van der Waals surface area (Å²) in [5.41, 5.74) is 0. The second-order valence-electron chi connectivity index (χ2n) is 7.94. The predicted octanol–water partition coefficient (Wildman–Crippen LogP) is 3.57. The maximum absolute atomic E-state index is 4.47. The van der Waals surface area contributed by atoms with Crippen LogP contribution in [0.1, 0.15) is 68.6 Å². The van der Waals surface area contributed by atoms with Crippen LogP contribution in [0.5, 0.6) is 0 Å². The Bertz CT molecular complexity index is 670. The van der Waals surface area contributed by atoms with E-state index in [2.05, 4.69) is 49.8 Å². The maximum Gasteiger partial charge on any atom is 0.168 e. The molecule has 0 spiro atoms. The monoisotopic (exact) mass is 388 g/mol. The molecule has 1 saturated carbocycles. The van der Waals surface area contributed by atoms with Gasteiger partial charge in [-0.25, -0.2) is 4.68 Å². The fourth-order valence-corrected chi connectivity index (χ4v) is 5.35. The van der Waals surface area contributed by atoms with Gasteiger partial charge in [0.2, 0.25) is 0 Å². The van der Waals surface area contributed by atoms with Gasteiger partial charge in [-0.1, -0.05) is 38.7 Å². The molecule has 7 heteroatoms. The topological polar surface area (TPSA) is 50.1 Å². The molecule has 0 bridgehead atoms. The van der Waals surface area contributed by atoms with Crippen LogP contribution in [-0.4, -0.2) is 62.2 Å². The average Bonchev–Trinajstić information content (AvgIpc) is 3.47. The summed E-state index contributed by atoms with van der Waals surface area (Å²) in [5.74, 6) is 1.05. The lowest BCUT2D eigenvalue weighted by molar-refractivity contribution is 0.0622. The van der Waals surface area contributed by atoms with Crippen molar-refractivity contribution in [3.63, 3.8) is 0 Å². The van der Waals surface area contributed by atoms with E-state index < -0.39 is 0 Å². The fourth-order valence-electron chi connectivity index (χ4n) is 4.67. The van der Waals surface area contributed by atoms with Gasteiger partial charge in [0.25, 0.3) is 0 Å². The van der Waals surface area contributed by atoms with Crippen molar-refractivity contribution in [3.8, 4) is 0 Å². The van der Waals surface area contributed by atoms with Crippen LogP contribution in [0.2, 0.25) is 0 Å². The van der Waals surface area contributed by atoms with E-state index in [-0.39, 0.29) is 0 Å². The Hall–Kier alpha value is -1.31. The van der Waals surface area contributed by atoms with Gasteiger partial charge in [0, 0.05) is 37.1 Å². The molecule has 148 valence electrons. The van der Waals surface area contributed by atoms with Crippen molar-refractivity contribution in [1.82, 2.24) is 30.0 Å². The largest absolute Gasteiger partial charge is 0.298 e. The van der Waals surface area contributed by atoms with Crippen LogP contribution in [0.25, 0.3) is 0 Å². The third kappa shape index (κ3) is 4.58. The van der Waals surface area contributed by atoms with Crippen LogP contribution in [0.15, 0.2) is 17.5 Å². The summed E-state index contributed by atoms with van der Waals surface area (Å²) in [6.07, 6.45) is 9.22. The van der Waals surface area contributed by atoms with Crippen LogP contribution in [0.3, 0.4) is 0 Å². The molecule has 2 aliphatic rings. The Morgan fingerprint density at radius 3 is 2.70 bits per heavy atom. The number of piperazine rings is 1. The van der Waals surface area contributed by atoms with E-state index in [1.807, 2.05) is 4.68 Å². The van der Waals surface area contributed by atoms with Crippen LogP contribution in [0, 0.1) is 0 Å². The van der Waals surface area contributed by atoms with Gasteiger partial charge in [0.15, 0.2) is 5.82 Å². The molecule has 2 aromatic heterocycles. The first kappa shape index (κ1) is 19.0. The predicted molar refractivity (Wildman–Crippen MR) is 109 cm³/mol. The van der Waals surface area contributed by atoms with Crippen LogP contribution in [-0.2, 0) is 6.54 Å². The lowest BCUT2D eigenvalue weighted by Gasteiger charge is -2.41. The summed E-state index contributed by atoms with van der Waals surface area (Å²) < 4.78 is 2.02.